The molecule has 0 radical (unpaired) electrons. The molecule has 3 heteroatoms. The smallest absolute Gasteiger partial charge is 0.211 e. The first-order valence-corrected chi connectivity index (χ1v) is 8.72. The monoisotopic (exact) mass is 366 g/mol. The lowest BCUT2D eigenvalue weighted by Crippen LogP contribution is -1.97. The lowest BCUT2D eigenvalue weighted by Gasteiger charge is -2.10. The number of hydrogen-bond acceptors (Lipinski definition) is 2. The number of carbonyl (C=O) groups excluding carboxylic acids is 1. The highest BCUT2D eigenvalue weighted by Crippen LogP contribution is 2.29. The third kappa shape index (κ3) is 3.69. The molecule has 1 N–H and O–H groups in total. The summed E-state index contributed by atoms with van der Waals surface area (Å²) in [6.07, 6.45) is 2.53. The Hall–Kier alpha value is -3.72. The molecule has 0 aliphatic heterocycles. The Morgan fingerprint density at radius 1 is 0.821 bits per heavy atom. The van der Waals surface area contributed by atoms with Crippen LogP contribution in [-0.4, -0.2) is 11.4 Å². The summed E-state index contributed by atoms with van der Waals surface area (Å²) in [5.74, 6) is 0. The number of nitrogens with one attached hydrogen (secondary N) is 1. The van der Waals surface area contributed by atoms with E-state index in [1.807, 2.05) is 36.4 Å². The van der Waals surface area contributed by atoms with Crippen molar-refractivity contribution < 1.29 is 4.79 Å². The number of pyridine rings is 1. The predicted octanol–water partition coefficient (Wildman–Crippen LogP) is 6.42. The van der Waals surface area contributed by atoms with Gasteiger partial charge in [0.1, 0.15) is 0 Å². The summed E-state index contributed by atoms with van der Waals surface area (Å²) >= 11 is 0. The molecule has 0 spiro atoms. The van der Waals surface area contributed by atoms with Crippen LogP contribution in [-0.2, 0) is 4.79 Å². The lowest BCUT2D eigenvalue weighted by atomic mass is 10.0. The first-order valence-electron chi connectivity index (χ1n) is 8.72. The van der Waals surface area contributed by atoms with Gasteiger partial charge in [0.15, 0.2) is 0 Å². The maximum atomic E-state index is 11.0. The minimum absolute atomic E-state index is 0. The average molecular weight is 366 g/mol. The van der Waals surface area contributed by atoms with Crippen molar-refractivity contribution in [3.63, 3.8) is 0 Å². The normalized spacial score (nSPS) is 10.1. The third-order valence-corrected chi connectivity index (χ3v) is 4.59. The van der Waals surface area contributed by atoms with Crippen molar-refractivity contribution >= 4 is 29.1 Å². The van der Waals surface area contributed by atoms with Crippen molar-refractivity contribution in [2.45, 2.75) is 7.43 Å². The van der Waals surface area contributed by atoms with E-state index in [4.69, 9.17) is 4.98 Å². The van der Waals surface area contributed by atoms with Crippen LogP contribution in [0.4, 0.5) is 5.69 Å². The maximum absolute atomic E-state index is 11.0. The Balaban J connectivity index is 0.00000225. The zero-order chi connectivity index (χ0) is 18.6. The molecule has 0 aliphatic carbocycles. The maximum Gasteiger partial charge on any atom is 0.211 e. The van der Waals surface area contributed by atoms with Crippen LogP contribution in [0, 0.1) is 0 Å². The highest BCUT2D eigenvalue weighted by atomic mass is 16.1. The number of anilines is 1. The fourth-order valence-corrected chi connectivity index (χ4v) is 3.15. The van der Waals surface area contributed by atoms with Gasteiger partial charge in [-0.25, -0.2) is 4.98 Å². The van der Waals surface area contributed by atoms with Crippen molar-refractivity contribution in [1.82, 2.24) is 4.98 Å². The number of hydrogen-bond donors (Lipinski definition) is 1. The van der Waals surface area contributed by atoms with E-state index in [2.05, 4.69) is 60.4 Å². The van der Waals surface area contributed by atoms with Crippen LogP contribution in [0.3, 0.4) is 0 Å². The minimum Gasteiger partial charge on any atom is -0.328 e. The lowest BCUT2D eigenvalue weighted by molar-refractivity contribution is -0.105. The quantitative estimate of drug-likeness (QED) is 0.414. The van der Waals surface area contributed by atoms with E-state index in [1.54, 1.807) is 0 Å². The van der Waals surface area contributed by atoms with Crippen LogP contribution >= 0.6 is 0 Å². The largest absolute Gasteiger partial charge is 0.328 e. The van der Waals surface area contributed by atoms with Gasteiger partial charge in [-0.05, 0) is 28.8 Å². The van der Waals surface area contributed by atoms with Crippen LogP contribution in [0.5, 0.6) is 0 Å². The molecule has 138 valence electrons. The molecule has 4 rings (SSSR count). The minimum atomic E-state index is 0. The Morgan fingerprint density at radius 2 is 1.43 bits per heavy atom. The van der Waals surface area contributed by atoms with Gasteiger partial charge in [-0.2, -0.15) is 0 Å². The molecule has 0 saturated heterocycles. The molecule has 3 nitrogen and oxygen atoms in total. The summed E-state index contributed by atoms with van der Waals surface area (Å²) in [7, 11) is 0. The summed E-state index contributed by atoms with van der Waals surface area (Å²) in [6.45, 7) is 3.79. The van der Waals surface area contributed by atoms with E-state index in [1.165, 1.54) is 0 Å². The van der Waals surface area contributed by atoms with Gasteiger partial charge in [0.05, 0.1) is 16.9 Å². The number of benzene rings is 3. The Morgan fingerprint density at radius 3 is 2.07 bits per heavy atom. The second-order valence-electron chi connectivity index (χ2n) is 6.24. The van der Waals surface area contributed by atoms with Crippen molar-refractivity contribution in [2.75, 3.05) is 5.32 Å². The molecule has 0 unspecified atom stereocenters. The Bertz CT molecular complexity index is 1110. The predicted molar refractivity (Wildman–Crippen MR) is 119 cm³/mol. The van der Waals surface area contributed by atoms with Crippen LogP contribution < -0.4 is 5.32 Å². The SMILES string of the molecule is C.C=Cc1ccc(-c2ccc(-c3cc(NC=O)c4ccccc4n3)cc2)cc1. The third-order valence-electron chi connectivity index (χ3n) is 4.59. The zero-order valence-corrected chi connectivity index (χ0v) is 14.7. The molecule has 0 atom stereocenters. The molecular formula is C25H22N2O. The highest BCUT2D eigenvalue weighted by Gasteiger charge is 2.07. The van der Waals surface area contributed by atoms with Crippen molar-refractivity contribution in [1.29, 1.82) is 0 Å². The topological polar surface area (TPSA) is 42.0 Å². The number of para-hydroxylation sites is 1. The van der Waals surface area contributed by atoms with Crippen LogP contribution in [0.15, 0.2) is 85.4 Å². The number of fused-ring (bicyclic) bond motifs is 1. The Labute approximate surface area is 165 Å². The summed E-state index contributed by atoms with van der Waals surface area (Å²) in [6, 6.07) is 26.3. The van der Waals surface area contributed by atoms with Crippen LogP contribution in [0.1, 0.15) is 13.0 Å². The van der Waals surface area contributed by atoms with Gasteiger partial charge in [0, 0.05) is 10.9 Å². The first-order chi connectivity index (χ1) is 13.3. The number of rotatable bonds is 5. The fourth-order valence-electron chi connectivity index (χ4n) is 3.15. The van der Waals surface area contributed by atoms with E-state index >= 15 is 0 Å². The second kappa shape index (κ2) is 8.31. The van der Waals surface area contributed by atoms with E-state index in [0.717, 1.165) is 44.5 Å². The van der Waals surface area contributed by atoms with E-state index < -0.39 is 0 Å². The molecule has 1 amide bonds. The van der Waals surface area contributed by atoms with Crippen LogP contribution in [0.2, 0.25) is 0 Å². The summed E-state index contributed by atoms with van der Waals surface area (Å²) in [5.41, 5.74) is 6.83. The molecule has 1 heterocycles. The molecule has 4 aromatic rings. The van der Waals surface area contributed by atoms with Crippen LogP contribution in [0.25, 0.3) is 39.4 Å². The van der Waals surface area contributed by atoms with Gasteiger partial charge in [-0.1, -0.05) is 86.8 Å². The molecule has 3 aromatic carbocycles. The standard InChI is InChI=1S/C24H18N2O.CH4/c1-2-17-7-9-18(10-8-17)19-11-13-20(14-12-19)23-15-24(25-16-27)21-5-3-4-6-22(21)26-23;/h2-16H,1H2,(H,25,26,27);1H4. The molecule has 0 saturated carbocycles. The average Bonchev–Trinajstić information content (AvgIpc) is 2.74. The number of aromatic nitrogens is 1. The van der Waals surface area contributed by atoms with Gasteiger partial charge in [-0.15, -0.1) is 0 Å². The van der Waals surface area contributed by atoms with Gasteiger partial charge >= 0.3 is 0 Å². The van der Waals surface area contributed by atoms with Crippen molar-refractivity contribution in [3.8, 4) is 22.4 Å². The van der Waals surface area contributed by atoms with Crippen molar-refractivity contribution in [2.24, 2.45) is 0 Å². The summed E-state index contributed by atoms with van der Waals surface area (Å²) in [4.78, 5) is 15.7. The highest BCUT2D eigenvalue weighted by molar-refractivity contribution is 5.97. The summed E-state index contributed by atoms with van der Waals surface area (Å²) < 4.78 is 0. The van der Waals surface area contributed by atoms with E-state index in [9.17, 15) is 4.79 Å². The van der Waals surface area contributed by atoms with Gasteiger partial charge < -0.3 is 5.32 Å². The molecule has 0 fully saturated rings. The molecule has 1 aromatic heterocycles. The zero-order valence-electron chi connectivity index (χ0n) is 14.7. The van der Waals surface area contributed by atoms with E-state index in [-0.39, 0.29) is 7.43 Å². The van der Waals surface area contributed by atoms with Crippen molar-refractivity contribution in [3.05, 3.63) is 91.0 Å². The van der Waals surface area contributed by atoms with Gasteiger partial charge in [-0.3, -0.25) is 4.79 Å². The molecule has 0 bridgehead atoms. The fraction of sp³-hybridized carbons (Fsp3) is 0.0400. The molecule has 0 aliphatic rings. The van der Waals surface area contributed by atoms with E-state index in [0.29, 0.717) is 6.41 Å². The number of nitrogens with zero attached hydrogens (tertiary/aromatic N) is 1. The second-order valence-corrected chi connectivity index (χ2v) is 6.24. The van der Waals surface area contributed by atoms with Gasteiger partial charge in [0.2, 0.25) is 6.41 Å². The number of amides is 1. The number of carbonyl (C=O) groups is 1. The molecule has 28 heavy (non-hydrogen) atoms. The molecular weight excluding hydrogens is 344 g/mol. The first kappa shape index (κ1) is 19.1. The van der Waals surface area contributed by atoms with Gasteiger partial charge in [0.25, 0.3) is 0 Å². The summed E-state index contributed by atoms with van der Waals surface area (Å²) in [5, 5.41) is 3.70. The Kier molecular flexibility index (Phi) is 5.66.